The molecule has 0 saturated carbocycles. The fourth-order valence-corrected chi connectivity index (χ4v) is 5.18. The topological polar surface area (TPSA) is 15.7 Å². The molecule has 1 aromatic rings. The summed E-state index contributed by atoms with van der Waals surface area (Å²) in [5.41, 5.74) is 3.00. The van der Waals surface area contributed by atoms with Crippen molar-refractivity contribution >= 4 is 24.8 Å². The van der Waals surface area contributed by atoms with E-state index in [0.717, 1.165) is 31.0 Å². The van der Waals surface area contributed by atoms with Crippen molar-refractivity contribution in [2.75, 3.05) is 46.4 Å². The molecule has 0 radical (unpaired) electrons. The first-order valence-electron chi connectivity index (χ1n) is 9.28. The zero-order valence-corrected chi connectivity index (χ0v) is 17.0. The van der Waals surface area contributed by atoms with Gasteiger partial charge in [0.05, 0.1) is 0 Å². The van der Waals surface area contributed by atoms with Crippen LogP contribution in [0.15, 0.2) is 24.3 Å². The highest BCUT2D eigenvalue weighted by molar-refractivity contribution is 5.85. The quantitative estimate of drug-likeness (QED) is 0.785. The number of nitrogens with zero attached hydrogens (tertiary/aromatic N) is 2. The summed E-state index contributed by atoms with van der Waals surface area (Å²) in [5.74, 6) is 2.52. The molecular formula is C20H32Cl2N2O. The molecule has 3 nitrogen and oxygen atoms in total. The van der Waals surface area contributed by atoms with Crippen molar-refractivity contribution < 1.29 is 4.74 Å². The van der Waals surface area contributed by atoms with Gasteiger partial charge in [-0.1, -0.05) is 24.3 Å². The molecule has 25 heavy (non-hydrogen) atoms. The molecule has 4 rings (SSSR count). The van der Waals surface area contributed by atoms with Gasteiger partial charge in [0.25, 0.3) is 0 Å². The molecule has 3 fully saturated rings. The van der Waals surface area contributed by atoms with Gasteiger partial charge in [0.15, 0.2) is 0 Å². The van der Waals surface area contributed by atoms with Crippen molar-refractivity contribution in [2.45, 2.75) is 25.8 Å². The van der Waals surface area contributed by atoms with Crippen molar-refractivity contribution in [1.29, 1.82) is 0 Å². The molecule has 0 N–H and O–H groups in total. The molecule has 0 unspecified atom stereocenters. The summed E-state index contributed by atoms with van der Waals surface area (Å²) in [7, 11) is 2.32. The van der Waals surface area contributed by atoms with E-state index in [-0.39, 0.29) is 24.8 Å². The van der Waals surface area contributed by atoms with Crippen LogP contribution in [0.4, 0.5) is 0 Å². The lowest BCUT2D eigenvalue weighted by molar-refractivity contribution is 0.0537. The fraction of sp³-hybridized carbons (Fsp3) is 0.700. The van der Waals surface area contributed by atoms with Crippen LogP contribution < -0.4 is 0 Å². The predicted octanol–water partition coefficient (Wildman–Crippen LogP) is 3.80. The lowest BCUT2D eigenvalue weighted by Gasteiger charge is -2.30. The minimum absolute atomic E-state index is 0. The smallest absolute Gasteiger partial charge is 0.0469 e. The minimum Gasteiger partial charge on any atom is -0.381 e. The van der Waals surface area contributed by atoms with E-state index in [1.807, 2.05) is 0 Å². The van der Waals surface area contributed by atoms with Gasteiger partial charge in [-0.3, -0.25) is 4.90 Å². The lowest BCUT2D eigenvalue weighted by atomic mass is 9.88. The van der Waals surface area contributed by atoms with E-state index >= 15 is 0 Å². The van der Waals surface area contributed by atoms with Gasteiger partial charge in [-0.2, -0.15) is 0 Å². The zero-order chi connectivity index (χ0) is 15.8. The molecule has 0 amide bonds. The average Bonchev–Trinajstić information content (AvgIpc) is 3.05. The van der Waals surface area contributed by atoms with Gasteiger partial charge >= 0.3 is 0 Å². The Morgan fingerprint density at radius 2 is 1.76 bits per heavy atom. The van der Waals surface area contributed by atoms with E-state index < -0.39 is 0 Å². The van der Waals surface area contributed by atoms with Gasteiger partial charge in [0.1, 0.15) is 0 Å². The Morgan fingerprint density at radius 1 is 1.04 bits per heavy atom. The van der Waals surface area contributed by atoms with Crippen molar-refractivity contribution in [3.63, 3.8) is 0 Å². The highest BCUT2D eigenvalue weighted by atomic mass is 35.5. The average molecular weight is 387 g/mol. The molecule has 0 spiro atoms. The van der Waals surface area contributed by atoms with E-state index in [1.165, 1.54) is 44.6 Å². The normalized spacial score (nSPS) is 30.6. The summed E-state index contributed by atoms with van der Waals surface area (Å²) in [4.78, 5) is 5.35. The van der Waals surface area contributed by atoms with Crippen molar-refractivity contribution in [3.8, 4) is 0 Å². The SMILES string of the molecule is Cc1ccccc1[C@@H]1[C@@H]2CN(CC3CCOCC3)C[C@@H]2CN1C.Cl.Cl. The second-order valence-electron chi connectivity index (χ2n) is 7.94. The number of hydrogen-bond acceptors (Lipinski definition) is 3. The first-order chi connectivity index (χ1) is 11.2. The number of hydrogen-bond donors (Lipinski definition) is 0. The second-order valence-corrected chi connectivity index (χ2v) is 7.94. The van der Waals surface area contributed by atoms with Crippen LogP contribution >= 0.6 is 24.8 Å². The van der Waals surface area contributed by atoms with Crippen LogP contribution in [0.25, 0.3) is 0 Å². The zero-order valence-electron chi connectivity index (χ0n) is 15.4. The summed E-state index contributed by atoms with van der Waals surface area (Å²) in [5, 5.41) is 0. The maximum Gasteiger partial charge on any atom is 0.0469 e. The Morgan fingerprint density at radius 3 is 2.48 bits per heavy atom. The van der Waals surface area contributed by atoms with E-state index in [9.17, 15) is 0 Å². The van der Waals surface area contributed by atoms with Crippen LogP contribution in [-0.4, -0.2) is 56.2 Å². The van der Waals surface area contributed by atoms with Crippen molar-refractivity contribution in [1.82, 2.24) is 9.80 Å². The lowest BCUT2D eigenvalue weighted by Crippen LogP contribution is -2.34. The summed E-state index contributed by atoms with van der Waals surface area (Å²) in [6.45, 7) is 9.35. The highest BCUT2D eigenvalue weighted by Crippen LogP contribution is 2.45. The Bertz CT molecular complexity index is 550. The largest absolute Gasteiger partial charge is 0.381 e. The maximum atomic E-state index is 5.52. The molecular weight excluding hydrogens is 355 g/mol. The molecule has 1 aromatic carbocycles. The molecule has 0 bridgehead atoms. The van der Waals surface area contributed by atoms with Crippen LogP contribution in [0.3, 0.4) is 0 Å². The van der Waals surface area contributed by atoms with Gasteiger partial charge in [0.2, 0.25) is 0 Å². The first kappa shape index (κ1) is 21.0. The molecule has 0 aliphatic carbocycles. The van der Waals surface area contributed by atoms with E-state index in [2.05, 4.69) is 48.0 Å². The number of benzene rings is 1. The van der Waals surface area contributed by atoms with E-state index in [4.69, 9.17) is 4.74 Å². The molecule has 3 aliphatic rings. The minimum atomic E-state index is 0. The van der Waals surface area contributed by atoms with Crippen molar-refractivity contribution in [3.05, 3.63) is 35.4 Å². The third-order valence-corrected chi connectivity index (χ3v) is 6.33. The Hall–Kier alpha value is -0.320. The van der Waals surface area contributed by atoms with Crippen LogP contribution in [-0.2, 0) is 4.74 Å². The molecule has 142 valence electrons. The summed E-state index contributed by atoms with van der Waals surface area (Å²) in [6.07, 6.45) is 2.51. The summed E-state index contributed by atoms with van der Waals surface area (Å²) < 4.78 is 5.52. The third-order valence-electron chi connectivity index (χ3n) is 6.33. The molecule has 0 aromatic heterocycles. The van der Waals surface area contributed by atoms with Gasteiger partial charge in [-0.05, 0) is 55.7 Å². The predicted molar refractivity (Wildman–Crippen MR) is 108 cm³/mol. The highest BCUT2D eigenvalue weighted by Gasteiger charge is 2.46. The Labute approximate surface area is 164 Å². The molecule has 3 heterocycles. The first-order valence-corrected chi connectivity index (χ1v) is 9.28. The Balaban J connectivity index is 0.00000113. The number of likely N-dealkylation sites (tertiary alicyclic amines) is 2. The number of halogens is 2. The van der Waals surface area contributed by atoms with Gasteiger partial charge in [0, 0.05) is 45.4 Å². The van der Waals surface area contributed by atoms with Gasteiger partial charge in [-0.25, -0.2) is 0 Å². The van der Waals surface area contributed by atoms with Crippen LogP contribution in [0.5, 0.6) is 0 Å². The maximum absolute atomic E-state index is 5.52. The van der Waals surface area contributed by atoms with Gasteiger partial charge in [-0.15, -0.1) is 24.8 Å². The summed E-state index contributed by atoms with van der Waals surface area (Å²) in [6, 6.07) is 9.60. The standard InChI is InChI=1S/C20H30N2O.2ClH/c1-15-5-3-4-6-18(15)20-19-14-22(13-17(19)12-21(20)2)11-16-7-9-23-10-8-16;;/h3-6,16-17,19-20H,7-14H2,1-2H3;2*1H/t17-,19+,20+;;/m0../s1. The van der Waals surface area contributed by atoms with E-state index in [1.54, 1.807) is 5.56 Å². The molecule has 3 atom stereocenters. The number of rotatable bonds is 3. The number of ether oxygens (including phenoxy) is 1. The third kappa shape index (κ3) is 4.33. The van der Waals surface area contributed by atoms with Crippen molar-refractivity contribution in [2.24, 2.45) is 17.8 Å². The fourth-order valence-electron chi connectivity index (χ4n) is 5.18. The number of fused-ring (bicyclic) bond motifs is 1. The monoisotopic (exact) mass is 386 g/mol. The number of aryl methyl sites for hydroxylation is 1. The van der Waals surface area contributed by atoms with Gasteiger partial charge < -0.3 is 9.64 Å². The summed E-state index contributed by atoms with van der Waals surface area (Å²) >= 11 is 0. The van der Waals surface area contributed by atoms with Crippen LogP contribution in [0.1, 0.15) is 30.0 Å². The van der Waals surface area contributed by atoms with E-state index in [0.29, 0.717) is 6.04 Å². The van der Waals surface area contributed by atoms with Crippen LogP contribution in [0.2, 0.25) is 0 Å². The molecule has 5 heteroatoms. The Kier molecular flexibility index (Phi) is 7.60. The molecule has 3 aliphatic heterocycles. The molecule has 3 saturated heterocycles. The van der Waals surface area contributed by atoms with Crippen LogP contribution in [0, 0.1) is 24.7 Å². The second kappa shape index (κ2) is 9.05.